The summed E-state index contributed by atoms with van der Waals surface area (Å²) in [6, 6.07) is 14.1. The van der Waals surface area contributed by atoms with Crippen molar-refractivity contribution in [2.45, 2.75) is 19.9 Å². The Bertz CT molecular complexity index is 1210. The van der Waals surface area contributed by atoms with E-state index in [-0.39, 0.29) is 53.8 Å². The Balaban J connectivity index is 1.79. The Morgan fingerprint density at radius 2 is 1.77 bits per heavy atom. The Morgan fingerprint density at radius 1 is 1.09 bits per heavy atom. The van der Waals surface area contributed by atoms with Crippen LogP contribution in [0.2, 0.25) is 5.15 Å². The van der Waals surface area contributed by atoms with Crippen LogP contribution in [0.5, 0.6) is 5.75 Å². The highest BCUT2D eigenvalue weighted by atomic mass is 35.5. The van der Waals surface area contributed by atoms with E-state index in [1.807, 2.05) is 31.2 Å². The van der Waals surface area contributed by atoms with Crippen molar-refractivity contribution >= 4 is 35.2 Å². The van der Waals surface area contributed by atoms with E-state index in [0.29, 0.717) is 6.42 Å². The van der Waals surface area contributed by atoms with E-state index < -0.39 is 12.0 Å². The molecule has 0 aliphatic carbocycles. The van der Waals surface area contributed by atoms with Gasteiger partial charge < -0.3 is 31.9 Å². The Hall–Kier alpha value is -4.05. The third-order valence-electron chi connectivity index (χ3n) is 5.50. The van der Waals surface area contributed by atoms with Gasteiger partial charge in [0, 0.05) is 19.6 Å². The van der Waals surface area contributed by atoms with Crippen molar-refractivity contribution in [3.63, 3.8) is 0 Å². The summed E-state index contributed by atoms with van der Waals surface area (Å²) in [6.45, 7) is 2.40. The maximum Gasteiger partial charge on any atom is 0.407 e. The van der Waals surface area contributed by atoms with Gasteiger partial charge in [-0.25, -0.2) is 14.8 Å². The predicted molar refractivity (Wildman–Crippen MR) is 133 cm³/mol. The summed E-state index contributed by atoms with van der Waals surface area (Å²) in [5, 5.41) is 22.0. The fourth-order valence-corrected chi connectivity index (χ4v) is 3.75. The summed E-state index contributed by atoms with van der Waals surface area (Å²) in [5.74, 6) is -0.997. The number of nitrogens with zero attached hydrogens (tertiary/aromatic N) is 3. The first-order valence-corrected chi connectivity index (χ1v) is 11.2. The number of aryl methyl sites for hydroxylation is 1. The first-order chi connectivity index (χ1) is 16.6. The lowest BCUT2D eigenvalue weighted by Gasteiger charge is -2.26. The van der Waals surface area contributed by atoms with E-state index >= 15 is 0 Å². The number of rotatable bonds is 9. The van der Waals surface area contributed by atoms with E-state index in [0.717, 1.165) is 16.7 Å². The van der Waals surface area contributed by atoms with Crippen LogP contribution >= 0.6 is 11.6 Å². The fourth-order valence-electron chi connectivity index (χ4n) is 3.62. The van der Waals surface area contributed by atoms with Crippen LogP contribution in [-0.4, -0.2) is 50.2 Å². The summed E-state index contributed by atoms with van der Waals surface area (Å²) in [4.78, 5) is 33.8. The third kappa shape index (κ3) is 6.97. The lowest BCUT2D eigenvalue weighted by atomic mass is 9.95. The third-order valence-corrected chi connectivity index (χ3v) is 5.78. The first-order valence-electron chi connectivity index (χ1n) is 10.8. The molecule has 11 heteroatoms. The number of nitrogens with one attached hydrogen (secondary N) is 1. The molecule has 0 aliphatic rings. The molecular weight excluding hydrogens is 472 g/mol. The Kier molecular flexibility index (Phi) is 8.32. The zero-order valence-electron chi connectivity index (χ0n) is 19.1. The van der Waals surface area contributed by atoms with E-state index in [1.165, 1.54) is 17.0 Å². The maximum atomic E-state index is 12.7. The molecule has 184 valence electrons. The van der Waals surface area contributed by atoms with Crippen molar-refractivity contribution in [2.24, 2.45) is 5.92 Å². The van der Waals surface area contributed by atoms with Gasteiger partial charge in [-0.1, -0.05) is 48.0 Å². The van der Waals surface area contributed by atoms with E-state index in [9.17, 15) is 19.8 Å². The molecule has 10 nitrogen and oxygen atoms in total. The summed E-state index contributed by atoms with van der Waals surface area (Å²) >= 11 is 5.89. The van der Waals surface area contributed by atoms with Crippen molar-refractivity contribution in [1.82, 2.24) is 20.2 Å². The minimum Gasteiger partial charge on any atom is -0.508 e. The molecule has 0 aliphatic heterocycles. The standard InChI is InChI=1S/C24H27ClN6O4/c1-14-4-2-3-5-17(14)10-16(11-28-23(33)19-21(26)30-22(27)20(25)29-19)13-31(24(34)35)12-15-6-8-18(32)9-7-15/h2-9,16,32H,10-13H2,1H3,(H,28,33)(H,34,35)(H4,26,27,30). The number of aromatic hydroxyl groups is 1. The molecule has 1 atom stereocenters. The lowest BCUT2D eigenvalue weighted by Crippen LogP contribution is -2.40. The molecule has 0 radical (unpaired) electrons. The van der Waals surface area contributed by atoms with Crippen LogP contribution in [0.1, 0.15) is 27.2 Å². The number of nitrogens with two attached hydrogens (primary N) is 2. The molecule has 1 aromatic heterocycles. The van der Waals surface area contributed by atoms with Crippen molar-refractivity contribution in [3.05, 3.63) is 76.1 Å². The number of nitrogen functional groups attached to an aromatic ring is 2. The predicted octanol–water partition coefficient (Wildman–Crippen LogP) is 3.08. The number of hydrogen-bond donors (Lipinski definition) is 5. The van der Waals surface area contributed by atoms with Crippen LogP contribution in [0, 0.1) is 12.8 Å². The monoisotopic (exact) mass is 498 g/mol. The van der Waals surface area contributed by atoms with Gasteiger partial charge in [-0.05, 0) is 48.1 Å². The highest BCUT2D eigenvalue weighted by molar-refractivity contribution is 6.31. The van der Waals surface area contributed by atoms with E-state index in [2.05, 4.69) is 15.3 Å². The molecule has 7 N–H and O–H groups in total. The maximum absolute atomic E-state index is 12.7. The SMILES string of the molecule is Cc1ccccc1CC(CNC(=O)c1nc(Cl)c(N)nc1N)CN(Cc1ccc(O)cc1)C(=O)O. The van der Waals surface area contributed by atoms with Crippen molar-refractivity contribution in [3.8, 4) is 5.75 Å². The summed E-state index contributed by atoms with van der Waals surface area (Å²) in [5.41, 5.74) is 14.0. The number of carbonyl (C=O) groups is 2. The van der Waals surface area contributed by atoms with Crippen LogP contribution in [0.3, 0.4) is 0 Å². The molecule has 0 fully saturated rings. The van der Waals surface area contributed by atoms with Gasteiger partial charge in [0.2, 0.25) is 0 Å². The van der Waals surface area contributed by atoms with Gasteiger partial charge in [0.25, 0.3) is 5.91 Å². The summed E-state index contributed by atoms with van der Waals surface area (Å²) < 4.78 is 0. The van der Waals surface area contributed by atoms with Crippen LogP contribution in [0.4, 0.5) is 16.4 Å². The Morgan fingerprint density at radius 3 is 2.43 bits per heavy atom. The number of amides is 2. The average Bonchev–Trinajstić information content (AvgIpc) is 2.81. The van der Waals surface area contributed by atoms with Crippen molar-refractivity contribution < 1.29 is 19.8 Å². The fraction of sp³-hybridized carbons (Fsp3) is 0.250. The zero-order valence-corrected chi connectivity index (χ0v) is 19.9. The van der Waals surface area contributed by atoms with Gasteiger partial charge in [-0.3, -0.25) is 4.79 Å². The minimum atomic E-state index is -1.10. The van der Waals surface area contributed by atoms with Crippen LogP contribution in [0.15, 0.2) is 48.5 Å². The van der Waals surface area contributed by atoms with Gasteiger partial charge >= 0.3 is 6.09 Å². The molecule has 1 unspecified atom stereocenters. The molecule has 2 amide bonds. The number of benzene rings is 2. The number of carboxylic acid groups (broad SMARTS) is 1. The van der Waals surface area contributed by atoms with Crippen LogP contribution in [0.25, 0.3) is 0 Å². The highest BCUT2D eigenvalue weighted by Gasteiger charge is 2.22. The summed E-state index contributed by atoms with van der Waals surface area (Å²) in [6.07, 6.45) is -0.574. The van der Waals surface area contributed by atoms with Crippen molar-refractivity contribution in [2.75, 3.05) is 24.6 Å². The van der Waals surface area contributed by atoms with Crippen LogP contribution in [-0.2, 0) is 13.0 Å². The molecule has 35 heavy (non-hydrogen) atoms. The number of aromatic nitrogens is 2. The zero-order chi connectivity index (χ0) is 25.5. The number of carbonyl (C=O) groups excluding carboxylic acids is 1. The van der Waals surface area contributed by atoms with E-state index in [1.54, 1.807) is 12.1 Å². The molecule has 2 aromatic carbocycles. The van der Waals surface area contributed by atoms with Crippen LogP contribution < -0.4 is 16.8 Å². The normalized spacial score (nSPS) is 11.6. The number of halogens is 1. The Labute approximate surface area is 207 Å². The number of phenolic OH excluding ortho intramolecular Hbond substituents is 1. The highest BCUT2D eigenvalue weighted by Crippen LogP contribution is 2.19. The molecule has 1 heterocycles. The lowest BCUT2D eigenvalue weighted by molar-refractivity contribution is 0.0936. The molecule has 0 saturated heterocycles. The number of hydrogen-bond acceptors (Lipinski definition) is 7. The quantitative estimate of drug-likeness (QED) is 0.300. The van der Waals surface area contributed by atoms with E-state index in [4.69, 9.17) is 23.1 Å². The first kappa shape index (κ1) is 25.6. The number of phenols is 1. The smallest absolute Gasteiger partial charge is 0.407 e. The second-order valence-electron chi connectivity index (χ2n) is 8.17. The second kappa shape index (κ2) is 11.4. The molecule has 0 bridgehead atoms. The van der Waals surface area contributed by atoms with Gasteiger partial charge in [0.15, 0.2) is 22.5 Å². The second-order valence-corrected chi connectivity index (χ2v) is 8.53. The topological polar surface area (TPSA) is 168 Å². The van der Waals surface area contributed by atoms with Gasteiger partial charge in [-0.2, -0.15) is 0 Å². The van der Waals surface area contributed by atoms with Gasteiger partial charge in [-0.15, -0.1) is 0 Å². The average molecular weight is 499 g/mol. The molecule has 0 saturated carbocycles. The molecule has 3 aromatic rings. The number of anilines is 2. The van der Waals surface area contributed by atoms with Gasteiger partial charge in [0.05, 0.1) is 0 Å². The molecule has 0 spiro atoms. The molecule has 3 rings (SSSR count). The van der Waals surface area contributed by atoms with Crippen molar-refractivity contribution in [1.29, 1.82) is 0 Å². The molecular formula is C24H27ClN6O4. The minimum absolute atomic E-state index is 0.0792. The largest absolute Gasteiger partial charge is 0.508 e. The summed E-state index contributed by atoms with van der Waals surface area (Å²) in [7, 11) is 0. The van der Waals surface area contributed by atoms with Gasteiger partial charge in [0.1, 0.15) is 5.75 Å².